The van der Waals surface area contributed by atoms with E-state index in [-0.39, 0.29) is 23.7 Å². The highest BCUT2D eigenvalue weighted by Gasteiger charge is 2.30. The third-order valence-corrected chi connectivity index (χ3v) is 3.54. The molecule has 1 amide bonds. The Balaban J connectivity index is 1.98. The summed E-state index contributed by atoms with van der Waals surface area (Å²) in [5, 5.41) is 11.7. The SMILES string of the molecule is Cc1cc(C(=O)N[C@H]2CC[C@H](C(=O)O)C2)ccc1F. The molecule has 0 bridgehead atoms. The predicted octanol–water partition coefficient (Wildman–Crippen LogP) is 2.12. The topological polar surface area (TPSA) is 66.4 Å². The molecule has 0 aliphatic heterocycles. The molecule has 1 aliphatic carbocycles. The van der Waals surface area contributed by atoms with Crippen molar-refractivity contribution >= 4 is 11.9 Å². The van der Waals surface area contributed by atoms with Crippen molar-refractivity contribution in [1.29, 1.82) is 0 Å². The summed E-state index contributed by atoms with van der Waals surface area (Å²) in [5.41, 5.74) is 0.820. The van der Waals surface area contributed by atoms with E-state index in [1.165, 1.54) is 18.2 Å². The van der Waals surface area contributed by atoms with Gasteiger partial charge in [-0.25, -0.2) is 4.39 Å². The molecule has 0 radical (unpaired) electrons. The lowest BCUT2D eigenvalue weighted by atomic mass is 10.1. The van der Waals surface area contributed by atoms with Crippen LogP contribution in [0.4, 0.5) is 4.39 Å². The number of carboxylic acid groups (broad SMARTS) is 1. The average Bonchev–Trinajstić information content (AvgIpc) is 2.81. The quantitative estimate of drug-likeness (QED) is 0.879. The first kappa shape index (κ1) is 13.5. The van der Waals surface area contributed by atoms with Crippen LogP contribution >= 0.6 is 0 Å². The first-order chi connectivity index (χ1) is 8.97. The van der Waals surface area contributed by atoms with Gasteiger partial charge in [0.1, 0.15) is 5.82 Å². The number of halogens is 1. The maximum atomic E-state index is 13.1. The van der Waals surface area contributed by atoms with Crippen LogP contribution in [0.3, 0.4) is 0 Å². The van der Waals surface area contributed by atoms with E-state index in [0.717, 1.165) is 0 Å². The van der Waals surface area contributed by atoms with Crippen molar-refractivity contribution in [1.82, 2.24) is 5.32 Å². The summed E-state index contributed by atoms with van der Waals surface area (Å²) in [4.78, 5) is 22.8. The lowest BCUT2D eigenvalue weighted by Gasteiger charge is -2.12. The van der Waals surface area contributed by atoms with Crippen LogP contribution in [0.25, 0.3) is 0 Å². The third-order valence-electron chi connectivity index (χ3n) is 3.54. The van der Waals surface area contributed by atoms with Gasteiger partial charge in [0.05, 0.1) is 5.92 Å². The van der Waals surface area contributed by atoms with Gasteiger partial charge in [-0.2, -0.15) is 0 Å². The molecule has 0 heterocycles. The molecule has 5 heteroatoms. The van der Waals surface area contributed by atoms with Crippen molar-refractivity contribution in [2.45, 2.75) is 32.2 Å². The molecule has 1 saturated carbocycles. The Morgan fingerprint density at radius 1 is 1.37 bits per heavy atom. The number of hydrogen-bond acceptors (Lipinski definition) is 2. The van der Waals surface area contributed by atoms with Crippen LogP contribution < -0.4 is 5.32 Å². The average molecular weight is 265 g/mol. The van der Waals surface area contributed by atoms with Crippen molar-refractivity contribution in [2.24, 2.45) is 5.92 Å². The van der Waals surface area contributed by atoms with Gasteiger partial charge in [0.15, 0.2) is 0 Å². The Morgan fingerprint density at radius 3 is 2.68 bits per heavy atom. The molecule has 0 spiro atoms. The van der Waals surface area contributed by atoms with Gasteiger partial charge in [0.2, 0.25) is 0 Å². The van der Waals surface area contributed by atoms with Gasteiger partial charge in [0.25, 0.3) is 5.91 Å². The van der Waals surface area contributed by atoms with Crippen molar-refractivity contribution in [3.63, 3.8) is 0 Å². The first-order valence-corrected chi connectivity index (χ1v) is 6.27. The summed E-state index contributed by atoms with van der Waals surface area (Å²) in [6.45, 7) is 1.60. The maximum Gasteiger partial charge on any atom is 0.306 e. The number of amides is 1. The zero-order valence-electron chi connectivity index (χ0n) is 10.6. The molecule has 102 valence electrons. The number of aryl methyl sites for hydroxylation is 1. The number of carboxylic acids is 1. The van der Waals surface area contributed by atoms with Gasteiger partial charge in [-0.05, 0) is 49.9 Å². The van der Waals surface area contributed by atoms with Gasteiger partial charge in [-0.3, -0.25) is 9.59 Å². The number of aliphatic carboxylic acids is 1. The summed E-state index contributed by atoms with van der Waals surface area (Å²) in [6.07, 6.45) is 1.72. The fraction of sp³-hybridized carbons (Fsp3) is 0.429. The van der Waals surface area contributed by atoms with E-state index in [1.54, 1.807) is 6.92 Å². The smallest absolute Gasteiger partial charge is 0.306 e. The fourth-order valence-electron chi connectivity index (χ4n) is 2.39. The lowest BCUT2D eigenvalue weighted by Crippen LogP contribution is -2.33. The molecule has 2 N–H and O–H groups in total. The molecule has 4 nitrogen and oxygen atoms in total. The monoisotopic (exact) mass is 265 g/mol. The summed E-state index contributed by atoms with van der Waals surface area (Å²) in [5.74, 6) is -1.81. The molecule has 1 aromatic rings. The molecule has 2 rings (SSSR count). The van der Waals surface area contributed by atoms with Crippen molar-refractivity contribution in [2.75, 3.05) is 0 Å². The van der Waals surface area contributed by atoms with Crippen LogP contribution in [0, 0.1) is 18.7 Å². The highest BCUT2D eigenvalue weighted by atomic mass is 19.1. The molecule has 0 aromatic heterocycles. The first-order valence-electron chi connectivity index (χ1n) is 6.27. The minimum absolute atomic E-state index is 0.112. The van der Waals surface area contributed by atoms with E-state index in [1.807, 2.05) is 0 Å². The number of nitrogens with one attached hydrogen (secondary N) is 1. The molecule has 1 fully saturated rings. The van der Waals surface area contributed by atoms with E-state index in [2.05, 4.69) is 5.32 Å². The largest absolute Gasteiger partial charge is 0.481 e. The molecule has 2 atom stereocenters. The Hall–Kier alpha value is -1.91. The van der Waals surface area contributed by atoms with E-state index >= 15 is 0 Å². The van der Waals surface area contributed by atoms with Crippen molar-refractivity contribution < 1.29 is 19.1 Å². The molecule has 0 unspecified atom stereocenters. The molecule has 1 aliphatic rings. The molecule has 19 heavy (non-hydrogen) atoms. The van der Waals surface area contributed by atoms with Gasteiger partial charge in [-0.1, -0.05) is 0 Å². The van der Waals surface area contributed by atoms with E-state index in [0.29, 0.717) is 30.4 Å². The van der Waals surface area contributed by atoms with Gasteiger partial charge < -0.3 is 10.4 Å². The minimum atomic E-state index is -0.811. The second kappa shape index (κ2) is 5.38. The highest BCUT2D eigenvalue weighted by Crippen LogP contribution is 2.25. The van der Waals surface area contributed by atoms with Crippen LogP contribution in [0.1, 0.15) is 35.2 Å². The second-order valence-electron chi connectivity index (χ2n) is 4.98. The summed E-state index contributed by atoms with van der Waals surface area (Å²) < 4.78 is 13.1. The molecule has 0 saturated heterocycles. The molecular weight excluding hydrogens is 249 g/mol. The normalized spacial score (nSPS) is 22.2. The Kier molecular flexibility index (Phi) is 3.83. The van der Waals surface area contributed by atoms with Gasteiger partial charge in [-0.15, -0.1) is 0 Å². The Bertz CT molecular complexity index is 515. The lowest BCUT2D eigenvalue weighted by molar-refractivity contribution is -0.141. The fourth-order valence-corrected chi connectivity index (χ4v) is 2.39. The second-order valence-corrected chi connectivity index (χ2v) is 4.98. The van der Waals surface area contributed by atoms with Crippen LogP contribution in [0.5, 0.6) is 0 Å². The van der Waals surface area contributed by atoms with Crippen LogP contribution in [0.15, 0.2) is 18.2 Å². The van der Waals surface area contributed by atoms with Gasteiger partial charge >= 0.3 is 5.97 Å². The Labute approximate surface area is 110 Å². The maximum absolute atomic E-state index is 13.1. The molecule has 1 aromatic carbocycles. The highest BCUT2D eigenvalue weighted by molar-refractivity contribution is 5.94. The zero-order chi connectivity index (χ0) is 14.0. The zero-order valence-corrected chi connectivity index (χ0v) is 10.6. The van der Waals surface area contributed by atoms with Crippen LogP contribution in [0.2, 0.25) is 0 Å². The molecular formula is C14H16FNO3. The summed E-state index contributed by atoms with van der Waals surface area (Å²) in [7, 11) is 0. The van der Waals surface area contributed by atoms with E-state index in [4.69, 9.17) is 5.11 Å². The number of carbonyl (C=O) groups excluding carboxylic acids is 1. The minimum Gasteiger partial charge on any atom is -0.481 e. The number of benzene rings is 1. The van der Waals surface area contributed by atoms with Crippen LogP contribution in [-0.2, 0) is 4.79 Å². The predicted molar refractivity (Wildman–Crippen MR) is 67.4 cm³/mol. The third kappa shape index (κ3) is 3.10. The number of carbonyl (C=O) groups is 2. The number of rotatable bonds is 3. The van der Waals surface area contributed by atoms with Crippen molar-refractivity contribution in [3.05, 3.63) is 35.1 Å². The van der Waals surface area contributed by atoms with Gasteiger partial charge in [0, 0.05) is 11.6 Å². The van der Waals surface area contributed by atoms with Crippen LogP contribution in [-0.4, -0.2) is 23.0 Å². The van der Waals surface area contributed by atoms with E-state index < -0.39 is 5.97 Å². The number of hydrogen-bond donors (Lipinski definition) is 2. The summed E-state index contributed by atoms with van der Waals surface area (Å²) in [6, 6.07) is 4.08. The van der Waals surface area contributed by atoms with E-state index in [9.17, 15) is 14.0 Å². The van der Waals surface area contributed by atoms with Crippen molar-refractivity contribution in [3.8, 4) is 0 Å². The summed E-state index contributed by atoms with van der Waals surface area (Å²) >= 11 is 0. The Morgan fingerprint density at radius 2 is 2.11 bits per heavy atom. The standard InChI is InChI=1S/C14H16FNO3/c1-8-6-9(3-5-12(8)15)13(17)16-11-4-2-10(7-11)14(18)19/h3,5-6,10-11H,2,4,7H2,1H3,(H,16,17)(H,18,19)/t10-,11-/m0/s1.